The predicted molar refractivity (Wildman–Crippen MR) is 54.8 cm³/mol. The van der Waals surface area contributed by atoms with Crippen LogP contribution < -0.4 is 0 Å². The van der Waals surface area contributed by atoms with Crippen molar-refractivity contribution in [2.24, 2.45) is 0 Å². The van der Waals surface area contributed by atoms with Crippen LogP contribution in [0.4, 0.5) is 4.39 Å². The molecule has 0 spiro atoms. The van der Waals surface area contributed by atoms with Crippen molar-refractivity contribution in [3.05, 3.63) is 40.2 Å². The second kappa shape index (κ2) is 3.46. The fourth-order valence-electron chi connectivity index (χ4n) is 1.28. The Labute approximate surface area is 87.9 Å². The molecule has 0 unspecified atom stereocenters. The van der Waals surface area contributed by atoms with Gasteiger partial charge in [0, 0.05) is 17.1 Å². The second-order valence-corrected chi connectivity index (χ2v) is 3.57. The van der Waals surface area contributed by atoms with Crippen LogP contribution in [0.25, 0.3) is 10.9 Å². The molecule has 0 radical (unpaired) electrons. The molecule has 0 amide bonds. The van der Waals surface area contributed by atoms with E-state index in [1.165, 1.54) is 12.3 Å². The largest absolute Gasteiger partial charge is 0.298 e. The molecular weight excluding hydrogens is 249 g/mol. The lowest BCUT2D eigenvalue weighted by Crippen LogP contribution is -1.89. The summed E-state index contributed by atoms with van der Waals surface area (Å²) in [5, 5.41) is 0.649. The number of carbonyl (C=O) groups is 1. The molecular formula is C10H5BrFNO. The van der Waals surface area contributed by atoms with Gasteiger partial charge in [0.1, 0.15) is 5.82 Å². The third-order valence-corrected chi connectivity index (χ3v) is 2.72. The van der Waals surface area contributed by atoms with Crippen molar-refractivity contribution >= 4 is 33.1 Å². The Morgan fingerprint density at radius 2 is 2.14 bits per heavy atom. The highest BCUT2D eigenvalue weighted by molar-refractivity contribution is 9.10. The Morgan fingerprint density at radius 1 is 1.36 bits per heavy atom. The van der Waals surface area contributed by atoms with Gasteiger partial charge in [-0.2, -0.15) is 0 Å². The molecule has 1 aromatic heterocycles. The van der Waals surface area contributed by atoms with Crippen molar-refractivity contribution in [3.8, 4) is 0 Å². The minimum absolute atomic E-state index is 0.290. The van der Waals surface area contributed by atoms with E-state index in [0.717, 1.165) is 6.29 Å². The monoisotopic (exact) mass is 253 g/mol. The molecule has 0 atom stereocenters. The number of aldehydes is 1. The summed E-state index contributed by atoms with van der Waals surface area (Å²) in [4.78, 5) is 14.7. The zero-order valence-corrected chi connectivity index (χ0v) is 8.58. The smallest absolute Gasteiger partial charge is 0.150 e. The van der Waals surface area contributed by atoms with Crippen LogP contribution in [0, 0.1) is 5.82 Å². The van der Waals surface area contributed by atoms with Gasteiger partial charge in [-0.05, 0) is 34.1 Å². The van der Waals surface area contributed by atoms with Crippen LogP contribution in [0.3, 0.4) is 0 Å². The minimum Gasteiger partial charge on any atom is -0.298 e. The molecule has 0 aliphatic rings. The third-order valence-electron chi connectivity index (χ3n) is 1.96. The van der Waals surface area contributed by atoms with Crippen molar-refractivity contribution in [3.63, 3.8) is 0 Å². The van der Waals surface area contributed by atoms with Crippen molar-refractivity contribution in [1.82, 2.24) is 4.98 Å². The van der Waals surface area contributed by atoms with E-state index in [1.807, 2.05) is 0 Å². The van der Waals surface area contributed by atoms with E-state index < -0.39 is 0 Å². The molecule has 0 aliphatic carbocycles. The maximum Gasteiger partial charge on any atom is 0.150 e. The van der Waals surface area contributed by atoms with Crippen molar-refractivity contribution in [2.45, 2.75) is 0 Å². The third kappa shape index (κ3) is 1.32. The summed E-state index contributed by atoms with van der Waals surface area (Å²) in [7, 11) is 0. The molecule has 0 fully saturated rings. The molecule has 1 heterocycles. The molecule has 70 valence electrons. The van der Waals surface area contributed by atoms with Gasteiger partial charge in [-0.25, -0.2) is 4.39 Å². The predicted octanol–water partition coefficient (Wildman–Crippen LogP) is 2.95. The number of carbonyl (C=O) groups excluding carboxylic acids is 1. The number of halogens is 2. The van der Waals surface area contributed by atoms with Crippen LogP contribution in [0.1, 0.15) is 10.4 Å². The standard InChI is InChI=1S/C10H5BrFNO/c11-9-8(12)2-1-7-6(5-14)3-4-13-10(7)9/h1-5H. The number of hydrogen-bond donors (Lipinski definition) is 0. The molecule has 0 bridgehead atoms. The summed E-state index contributed by atoms with van der Waals surface area (Å²) in [6.07, 6.45) is 2.21. The first-order chi connectivity index (χ1) is 6.74. The van der Waals surface area contributed by atoms with Gasteiger partial charge < -0.3 is 0 Å². The maximum absolute atomic E-state index is 13.1. The topological polar surface area (TPSA) is 30.0 Å². The summed E-state index contributed by atoms with van der Waals surface area (Å²) in [6, 6.07) is 4.45. The minimum atomic E-state index is -0.381. The van der Waals surface area contributed by atoms with E-state index in [9.17, 15) is 9.18 Å². The molecule has 2 rings (SSSR count). The van der Waals surface area contributed by atoms with E-state index >= 15 is 0 Å². The lowest BCUT2D eigenvalue weighted by Gasteiger charge is -2.02. The number of rotatable bonds is 1. The van der Waals surface area contributed by atoms with Gasteiger partial charge in [0.15, 0.2) is 6.29 Å². The lowest BCUT2D eigenvalue weighted by atomic mass is 10.1. The molecule has 0 aliphatic heterocycles. The van der Waals surface area contributed by atoms with Crippen LogP contribution in [0.5, 0.6) is 0 Å². The zero-order chi connectivity index (χ0) is 10.1. The molecule has 14 heavy (non-hydrogen) atoms. The average molecular weight is 254 g/mol. The highest BCUT2D eigenvalue weighted by Gasteiger charge is 2.07. The molecule has 1 aromatic carbocycles. The van der Waals surface area contributed by atoms with Gasteiger partial charge in [-0.3, -0.25) is 9.78 Å². The number of nitrogens with zero attached hydrogens (tertiary/aromatic N) is 1. The van der Waals surface area contributed by atoms with E-state index in [4.69, 9.17) is 0 Å². The molecule has 4 heteroatoms. The number of hydrogen-bond acceptors (Lipinski definition) is 2. The van der Waals surface area contributed by atoms with E-state index in [2.05, 4.69) is 20.9 Å². The molecule has 0 saturated heterocycles. The first-order valence-corrected chi connectivity index (χ1v) is 4.71. The van der Waals surface area contributed by atoms with Gasteiger partial charge in [0.05, 0.1) is 9.99 Å². The quantitative estimate of drug-likeness (QED) is 0.732. The Balaban J connectivity index is 2.92. The van der Waals surface area contributed by atoms with Gasteiger partial charge in [0.25, 0.3) is 0 Å². The SMILES string of the molecule is O=Cc1ccnc2c(Br)c(F)ccc12. The normalized spacial score (nSPS) is 10.4. The van der Waals surface area contributed by atoms with Crippen molar-refractivity contribution in [2.75, 3.05) is 0 Å². The Bertz CT molecular complexity index is 513. The number of aromatic nitrogens is 1. The average Bonchev–Trinajstić information content (AvgIpc) is 2.23. The first kappa shape index (κ1) is 9.27. The van der Waals surface area contributed by atoms with Crippen LogP contribution in [0.2, 0.25) is 0 Å². The summed E-state index contributed by atoms with van der Waals surface area (Å²) in [5.41, 5.74) is 0.977. The summed E-state index contributed by atoms with van der Waals surface area (Å²) in [5.74, 6) is -0.381. The van der Waals surface area contributed by atoms with Crippen LogP contribution >= 0.6 is 15.9 Å². The molecule has 0 N–H and O–H groups in total. The van der Waals surface area contributed by atoms with Gasteiger partial charge in [-0.15, -0.1) is 0 Å². The van der Waals surface area contributed by atoms with Crippen molar-refractivity contribution < 1.29 is 9.18 Å². The maximum atomic E-state index is 13.1. The van der Waals surface area contributed by atoms with Gasteiger partial charge in [-0.1, -0.05) is 0 Å². The van der Waals surface area contributed by atoms with E-state index in [1.54, 1.807) is 12.1 Å². The number of benzene rings is 1. The lowest BCUT2D eigenvalue weighted by molar-refractivity contribution is 0.112. The van der Waals surface area contributed by atoms with Gasteiger partial charge in [0.2, 0.25) is 0 Å². The van der Waals surface area contributed by atoms with Crippen molar-refractivity contribution in [1.29, 1.82) is 0 Å². The summed E-state index contributed by atoms with van der Waals surface area (Å²) >= 11 is 3.09. The fraction of sp³-hybridized carbons (Fsp3) is 0. The number of pyridine rings is 1. The highest BCUT2D eigenvalue weighted by atomic mass is 79.9. The Morgan fingerprint density at radius 3 is 2.86 bits per heavy atom. The van der Waals surface area contributed by atoms with E-state index in [0.29, 0.717) is 20.9 Å². The number of fused-ring (bicyclic) bond motifs is 1. The zero-order valence-electron chi connectivity index (χ0n) is 7.00. The Kier molecular flexibility index (Phi) is 2.29. The fourth-order valence-corrected chi connectivity index (χ4v) is 1.73. The summed E-state index contributed by atoms with van der Waals surface area (Å²) in [6.45, 7) is 0. The van der Waals surface area contributed by atoms with E-state index in [-0.39, 0.29) is 5.82 Å². The summed E-state index contributed by atoms with van der Waals surface area (Å²) < 4.78 is 13.4. The molecule has 2 aromatic rings. The van der Waals surface area contributed by atoms with Crippen LogP contribution in [0.15, 0.2) is 28.9 Å². The van der Waals surface area contributed by atoms with Gasteiger partial charge >= 0.3 is 0 Å². The second-order valence-electron chi connectivity index (χ2n) is 2.78. The highest BCUT2D eigenvalue weighted by Crippen LogP contribution is 2.26. The van der Waals surface area contributed by atoms with Crippen LogP contribution in [-0.2, 0) is 0 Å². The molecule has 0 saturated carbocycles. The Hall–Kier alpha value is -1.29. The van der Waals surface area contributed by atoms with Crippen LogP contribution in [-0.4, -0.2) is 11.3 Å². The first-order valence-electron chi connectivity index (χ1n) is 3.92. The molecule has 2 nitrogen and oxygen atoms in total.